The van der Waals surface area contributed by atoms with E-state index in [9.17, 15) is 14.0 Å². The molecule has 0 N–H and O–H groups in total. The summed E-state index contributed by atoms with van der Waals surface area (Å²) in [7, 11) is 0. The van der Waals surface area contributed by atoms with E-state index in [0.29, 0.717) is 12.4 Å². The third-order valence-corrected chi connectivity index (χ3v) is 3.83. The largest absolute Gasteiger partial charge is 0.488 e. The average Bonchev–Trinajstić information content (AvgIpc) is 2.71. The van der Waals surface area contributed by atoms with Crippen molar-refractivity contribution in [1.82, 2.24) is 0 Å². The number of Topliss-reactive ketones (excluding diaryl/α,β-unsaturated/α-hetero) is 1. The third kappa shape index (κ3) is 5.01. The van der Waals surface area contributed by atoms with Crippen LogP contribution in [0.3, 0.4) is 0 Å². The second-order valence-corrected chi connectivity index (χ2v) is 5.78. The van der Waals surface area contributed by atoms with Gasteiger partial charge in [0.1, 0.15) is 23.7 Å². The first-order valence-corrected chi connectivity index (χ1v) is 8.35. The van der Waals surface area contributed by atoms with Gasteiger partial charge in [0, 0.05) is 5.56 Å². The second kappa shape index (κ2) is 8.76. The maximum absolute atomic E-state index is 13.2. The fourth-order valence-corrected chi connectivity index (χ4v) is 2.45. The lowest BCUT2D eigenvalue weighted by atomic mass is 10.1. The summed E-state index contributed by atoms with van der Waals surface area (Å²) in [5.41, 5.74) is 1.33. The van der Waals surface area contributed by atoms with Gasteiger partial charge in [0.25, 0.3) is 0 Å². The zero-order valence-corrected chi connectivity index (χ0v) is 14.4. The van der Waals surface area contributed by atoms with Crippen molar-refractivity contribution in [3.05, 3.63) is 101 Å². The molecule has 27 heavy (non-hydrogen) atoms. The number of halogens is 1. The number of carbonyl (C=O) groups excluding carboxylic acids is 2. The highest BCUT2D eigenvalue weighted by Gasteiger charge is 2.16. The van der Waals surface area contributed by atoms with Gasteiger partial charge in [-0.3, -0.25) is 4.79 Å². The maximum Gasteiger partial charge on any atom is 0.342 e. The van der Waals surface area contributed by atoms with E-state index in [4.69, 9.17) is 9.47 Å². The Balaban J connectivity index is 1.63. The Bertz CT molecular complexity index is 938. The van der Waals surface area contributed by atoms with Gasteiger partial charge in [-0.15, -0.1) is 0 Å². The molecule has 0 aliphatic heterocycles. The van der Waals surface area contributed by atoms with Crippen molar-refractivity contribution in [3.63, 3.8) is 0 Å². The van der Waals surface area contributed by atoms with Crippen LogP contribution in [-0.4, -0.2) is 18.4 Å². The van der Waals surface area contributed by atoms with Crippen molar-refractivity contribution in [2.45, 2.75) is 6.61 Å². The number of hydrogen-bond donors (Lipinski definition) is 0. The molecule has 0 saturated carbocycles. The molecule has 0 amide bonds. The zero-order chi connectivity index (χ0) is 19.1. The summed E-state index contributed by atoms with van der Waals surface area (Å²) < 4.78 is 24.0. The highest BCUT2D eigenvalue weighted by molar-refractivity contribution is 5.99. The lowest BCUT2D eigenvalue weighted by molar-refractivity contribution is 0.0470. The first kappa shape index (κ1) is 18.3. The highest BCUT2D eigenvalue weighted by Crippen LogP contribution is 2.20. The lowest BCUT2D eigenvalue weighted by Gasteiger charge is -2.11. The Hall–Kier alpha value is -3.47. The van der Waals surface area contributed by atoms with E-state index < -0.39 is 24.2 Å². The van der Waals surface area contributed by atoms with Gasteiger partial charge in [0.05, 0.1) is 0 Å². The van der Waals surface area contributed by atoms with E-state index in [-0.39, 0.29) is 11.1 Å². The average molecular weight is 364 g/mol. The first-order valence-electron chi connectivity index (χ1n) is 8.35. The molecule has 3 aromatic rings. The van der Waals surface area contributed by atoms with Crippen LogP contribution in [0.2, 0.25) is 0 Å². The van der Waals surface area contributed by atoms with E-state index in [2.05, 4.69) is 0 Å². The van der Waals surface area contributed by atoms with Gasteiger partial charge in [-0.1, -0.05) is 54.6 Å². The molecule has 0 aliphatic rings. The number of rotatable bonds is 7. The van der Waals surface area contributed by atoms with Gasteiger partial charge in [-0.25, -0.2) is 9.18 Å². The Labute approximate surface area is 156 Å². The predicted molar refractivity (Wildman–Crippen MR) is 98.2 cm³/mol. The first-order chi connectivity index (χ1) is 13.1. The smallest absolute Gasteiger partial charge is 0.342 e. The van der Waals surface area contributed by atoms with Crippen LogP contribution in [0.25, 0.3) is 0 Å². The Morgan fingerprint density at radius 1 is 0.852 bits per heavy atom. The molecule has 0 heterocycles. The van der Waals surface area contributed by atoms with Crippen molar-refractivity contribution in [1.29, 1.82) is 0 Å². The normalized spacial score (nSPS) is 10.3. The molecule has 5 heteroatoms. The standard InChI is InChI=1S/C22H17FO4/c23-18-10-6-9-17(13-18)20(24)15-27-22(25)19-11-4-5-12-21(19)26-14-16-7-2-1-3-8-16/h1-13H,14-15H2. The topological polar surface area (TPSA) is 52.6 Å². The molecule has 0 fully saturated rings. The number of para-hydroxylation sites is 1. The van der Waals surface area contributed by atoms with Gasteiger partial charge in [0.2, 0.25) is 0 Å². The molecule has 0 aromatic heterocycles. The molecule has 0 aliphatic carbocycles. The molecule has 3 aromatic carbocycles. The zero-order valence-electron chi connectivity index (χ0n) is 14.4. The van der Waals surface area contributed by atoms with Crippen molar-refractivity contribution >= 4 is 11.8 Å². The Morgan fingerprint density at radius 3 is 2.37 bits per heavy atom. The van der Waals surface area contributed by atoms with Gasteiger partial charge in [-0.05, 0) is 29.8 Å². The van der Waals surface area contributed by atoms with E-state index >= 15 is 0 Å². The minimum absolute atomic E-state index is 0.149. The van der Waals surface area contributed by atoms with E-state index in [1.807, 2.05) is 30.3 Å². The molecule has 0 bridgehead atoms. The summed E-state index contributed by atoms with van der Waals surface area (Å²) in [6.45, 7) is -0.178. The van der Waals surface area contributed by atoms with Crippen molar-refractivity contribution in [2.75, 3.05) is 6.61 Å². The summed E-state index contributed by atoms with van der Waals surface area (Å²) in [6, 6.07) is 21.4. The quantitative estimate of drug-likeness (QED) is 0.459. The number of benzene rings is 3. The fraction of sp³-hybridized carbons (Fsp3) is 0.0909. The monoisotopic (exact) mass is 364 g/mol. The fourth-order valence-electron chi connectivity index (χ4n) is 2.45. The van der Waals surface area contributed by atoms with Gasteiger partial charge >= 0.3 is 5.97 Å². The SMILES string of the molecule is O=C(COC(=O)c1ccccc1OCc1ccccc1)c1cccc(F)c1. The minimum Gasteiger partial charge on any atom is -0.488 e. The van der Waals surface area contributed by atoms with E-state index in [1.54, 1.807) is 24.3 Å². The van der Waals surface area contributed by atoms with Gasteiger partial charge < -0.3 is 9.47 Å². The van der Waals surface area contributed by atoms with Crippen molar-refractivity contribution in [2.24, 2.45) is 0 Å². The van der Waals surface area contributed by atoms with Crippen LogP contribution in [0.4, 0.5) is 4.39 Å². The molecule has 136 valence electrons. The van der Waals surface area contributed by atoms with Crippen LogP contribution < -0.4 is 4.74 Å². The van der Waals surface area contributed by atoms with E-state index in [1.165, 1.54) is 18.2 Å². The van der Waals surface area contributed by atoms with Crippen LogP contribution in [0.5, 0.6) is 5.75 Å². The second-order valence-electron chi connectivity index (χ2n) is 5.78. The molecule has 4 nitrogen and oxygen atoms in total. The summed E-state index contributed by atoms with van der Waals surface area (Å²) >= 11 is 0. The summed E-state index contributed by atoms with van der Waals surface area (Å²) in [4.78, 5) is 24.4. The predicted octanol–water partition coefficient (Wildman–Crippen LogP) is 4.44. The molecular formula is C22H17FO4. The molecule has 3 rings (SSSR count). The number of carbonyl (C=O) groups is 2. The molecule has 0 saturated heterocycles. The van der Waals surface area contributed by atoms with Crippen molar-refractivity contribution in [3.8, 4) is 5.75 Å². The number of esters is 1. The Kier molecular flexibility index (Phi) is 5.94. The van der Waals surface area contributed by atoms with Crippen molar-refractivity contribution < 1.29 is 23.5 Å². The summed E-state index contributed by atoms with van der Waals surface area (Å²) in [6.07, 6.45) is 0. The van der Waals surface area contributed by atoms with Crippen LogP contribution in [-0.2, 0) is 11.3 Å². The minimum atomic E-state index is -0.677. The van der Waals surface area contributed by atoms with Crippen LogP contribution in [0.1, 0.15) is 26.3 Å². The lowest BCUT2D eigenvalue weighted by Crippen LogP contribution is -2.15. The van der Waals surface area contributed by atoms with Crippen LogP contribution >= 0.6 is 0 Å². The van der Waals surface area contributed by atoms with Crippen LogP contribution in [0, 0.1) is 5.82 Å². The number of hydrogen-bond acceptors (Lipinski definition) is 4. The third-order valence-electron chi connectivity index (χ3n) is 3.83. The summed E-state index contributed by atoms with van der Waals surface area (Å²) in [5.74, 6) is -1.31. The van der Waals surface area contributed by atoms with Gasteiger partial charge in [0.15, 0.2) is 12.4 Å². The number of ketones is 1. The molecule has 0 radical (unpaired) electrons. The van der Waals surface area contributed by atoms with Gasteiger partial charge in [-0.2, -0.15) is 0 Å². The van der Waals surface area contributed by atoms with E-state index in [0.717, 1.165) is 11.6 Å². The highest BCUT2D eigenvalue weighted by atomic mass is 19.1. The van der Waals surface area contributed by atoms with Crippen LogP contribution in [0.15, 0.2) is 78.9 Å². The molecular weight excluding hydrogens is 347 g/mol. The molecule has 0 spiro atoms. The molecule has 0 atom stereocenters. The summed E-state index contributed by atoms with van der Waals surface area (Å²) in [5, 5.41) is 0. The molecule has 0 unspecified atom stereocenters. The Morgan fingerprint density at radius 2 is 1.59 bits per heavy atom. The number of ether oxygens (including phenoxy) is 2. The maximum atomic E-state index is 13.2.